The number of carbonyl (C=O) groups excluding carboxylic acids is 1. The standard InChI is InChI=1S/C33H29N5O3S2/c1-5-41-27-17-16-23(18-21(27)2)29-24(20-36(34-29)25-12-8-6-9-13-25)19-28-31(39)37(33(42)43-28)30-22(3)35(4)38(32(30)40)26-14-10-7-11-15-26/h6-20H,5H2,1-4H3. The Kier molecular flexibility index (Phi) is 7.64. The molecule has 1 fully saturated rings. The van der Waals surface area contributed by atoms with Gasteiger partial charge in [-0.05, 0) is 74.9 Å². The Balaban J connectivity index is 1.43. The molecule has 3 aromatic carbocycles. The van der Waals surface area contributed by atoms with Crippen molar-refractivity contribution in [2.24, 2.45) is 7.05 Å². The number of nitrogens with zero attached hydrogens (tertiary/aromatic N) is 5. The van der Waals surface area contributed by atoms with Gasteiger partial charge in [0.25, 0.3) is 11.5 Å². The molecule has 5 aromatic rings. The van der Waals surface area contributed by atoms with E-state index in [0.717, 1.165) is 28.1 Å². The molecule has 1 amide bonds. The summed E-state index contributed by atoms with van der Waals surface area (Å²) in [5, 5.41) is 4.92. The van der Waals surface area contributed by atoms with Crippen molar-refractivity contribution in [3.63, 3.8) is 0 Å². The van der Waals surface area contributed by atoms with Gasteiger partial charge in [0.15, 0.2) is 4.32 Å². The number of anilines is 1. The molecule has 0 radical (unpaired) electrons. The number of ether oxygens (including phenoxy) is 1. The lowest BCUT2D eigenvalue weighted by Crippen LogP contribution is -2.33. The van der Waals surface area contributed by atoms with E-state index in [1.807, 2.05) is 106 Å². The second-order valence-corrected chi connectivity index (χ2v) is 11.7. The summed E-state index contributed by atoms with van der Waals surface area (Å²) in [6.07, 6.45) is 3.71. The van der Waals surface area contributed by atoms with Crippen molar-refractivity contribution in [1.82, 2.24) is 19.1 Å². The second kappa shape index (κ2) is 11.5. The SMILES string of the molecule is CCOc1ccc(-c2nn(-c3ccccc3)cc2C=C2SC(=S)N(c3c(C)n(C)n(-c4ccccc4)c3=O)C2=O)cc1C. The number of amides is 1. The summed E-state index contributed by atoms with van der Waals surface area (Å²) >= 11 is 6.86. The van der Waals surface area contributed by atoms with Crippen LogP contribution in [0.2, 0.25) is 0 Å². The molecule has 10 heteroatoms. The molecule has 0 atom stereocenters. The first-order valence-corrected chi connectivity index (χ1v) is 15.0. The van der Waals surface area contributed by atoms with Gasteiger partial charge in [-0.15, -0.1) is 0 Å². The summed E-state index contributed by atoms with van der Waals surface area (Å²) in [6.45, 7) is 6.34. The highest BCUT2D eigenvalue weighted by Crippen LogP contribution is 2.38. The maximum atomic E-state index is 13.9. The zero-order valence-corrected chi connectivity index (χ0v) is 25.8. The molecule has 2 aromatic heterocycles. The number of carbonyl (C=O) groups is 1. The fourth-order valence-electron chi connectivity index (χ4n) is 5.16. The maximum Gasteiger partial charge on any atom is 0.296 e. The van der Waals surface area contributed by atoms with Gasteiger partial charge in [-0.1, -0.05) is 60.4 Å². The van der Waals surface area contributed by atoms with Crippen LogP contribution in [0.15, 0.2) is 94.8 Å². The van der Waals surface area contributed by atoms with Crippen LogP contribution in [0.1, 0.15) is 23.7 Å². The highest BCUT2D eigenvalue weighted by atomic mass is 32.2. The number of thiocarbonyl (C=S) groups is 1. The van der Waals surface area contributed by atoms with Crippen LogP contribution < -0.4 is 15.2 Å². The zero-order chi connectivity index (χ0) is 30.2. The van der Waals surface area contributed by atoms with Crippen molar-refractivity contribution in [1.29, 1.82) is 0 Å². The number of para-hydroxylation sites is 2. The minimum atomic E-state index is -0.345. The fourth-order valence-corrected chi connectivity index (χ4v) is 6.42. The summed E-state index contributed by atoms with van der Waals surface area (Å²) in [7, 11) is 1.80. The Morgan fingerprint density at radius 1 is 0.953 bits per heavy atom. The van der Waals surface area contributed by atoms with E-state index < -0.39 is 0 Å². The van der Waals surface area contributed by atoms with Gasteiger partial charge in [0.05, 0.1) is 28.6 Å². The molecule has 6 rings (SSSR count). The monoisotopic (exact) mass is 607 g/mol. The van der Waals surface area contributed by atoms with Crippen molar-refractivity contribution in [2.45, 2.75) is 20.8 Å². The molecule has 0 N–H and O–H groups in total. The van der Waals surface area contributed by atoms with Crippen molar-refractivity contribution < 1.29 is 9.53 Å². The van der Waals surface area contributed by atoms with Crippen molar-refractivity contribution >= 4 is 46.0 Å². The molecule has 0 unspecified atom stereocenters. The van der Waals surface area contributed by atoms with E-state index in [-0.39, 0.29) is 17.2 Å². The molecule has 1 aliphatic heterocycles. The number of hydrogen-bond acceptors (Lipinski definition) is 6. The summed E-state index contributed by atoms with van der Waals surface area (Å²) in [5.41, 5.74) is 5.50. The Morgan fingerprint density at radius 2 is 1.63 bits per heavy atom. The lowest BCUT2D eigenvalue weighted by molar-refractivity contribution is -0.113. The molecular formula is C33H29N5O3S2. The highest BCUT2D eigenvalue weighted by Gasteiger charge is 2.38. The highest BCUT2D eigenvalue weighted by molar-refractivity contribution is 8.27. The van der Waals surface area contributed by atoms with E-state index in [2.05, 4.69) is 0 Å². The van der Waals surface area contributed by atoms with Gasteiger partial charge in [-0.25, -0.2) is 9.36 Å². The van der Waals surface area contributed by atoms with Crippen LogP contribution in [0.4, 0.5) is 5.69 Å². The summed E-state index contributed by atoms with van der Waals surface area (Å²) in [6, 6.07) is 25.1. The largest absolute Gasteiger partial charge is 0.494 e. The average molecular weight is 608 g/mol. The first-order valence-electron chi connectivity index (χ1n) is 13.8. The van der Waals surface area contributed by atoms with Crippen LogP contribution in [-0.2, 0) is 11.8 Å². The molecule has 216 valence electrons. The number of hydrogen-bond donors (Lipinski definition) is 0. The molecule has 0 saturated carbocycles. The van der Waals surface area contributed by atoms with Gasteiger partial charge in [0, 0.05) is 24.4 Å². The van der Waals surface area contributed by atoms with E-state index in [1.54, 1.807) is 27.2 Å². The van der Waals surface area contributed by atoms with Crippen LogP contribution >= 0.6 is 24.0 Å². The molecule has 8 nitrogen and oxygen atoms in total. The number of aryl methyl sites for hydroxylation is 1. The fraction of sp³-hybridized carbons (Fsp3) is 0.152. The Labute approximate surface area is 258 Å². The Hall–Kier alpha value is -4.67. The van der Waals surface area contributed by atoms with Gasteiger partial charge < -0.3 is 4.74 Å². The minimum Gasteiger partial charge on any atom is -0.494 e. The van der Waals surface area contributed by atoms with Gasteiger partial charge in [-0.3, -0.25) is 19.2 Å². The number of rotatable bonds is 7. The van der Waals surface area contributed by atoms with Gasteiger partial charge >= 0.3 is 0 Å². The molecule has 1 aliphatic rings. The third kappa shape index (κ3) is 5.13. The molecule has 3 heterocycles. The second-order valence-electron chi connectivity index (χ2n) is 10.1. The molecule has 1 saturated heterocycles. The number of benzene rings is 3. The van der Waals surface area contributed by atoms with Crippen LogP contribution in [0.25, 0.3) is 28.7 Å². The Morgan fingerprint density at radius 3 is 2.28 bits per heavy atom. The molecular weight excluding hydrogens is 579 g/mol. The molecule has 0 bridgehead atoms. The predicted molar refractivity (Wildman–Crippen MR) is 176 cm³/mol. The van der Waals surface area contributed by atoms with E-state index in [0.29, 0.717) is 32.9 Å². The normalized spacial score (nSPS) is 14.2. The minimum absolute atomic E-state index is 0.250. The van der Waals surface area contributed by atoms with E-state index >= 15 is 0 Å². The molecule has 0 aliphatic carbocycles. The number of thioether (sulfide) groups is 1. The van der Waals surface area contributed by atoms with Crippen LogP contribution in [0.5, 0.6) is 5.75 Å². The van der Waals surface area contributed by atoms with Gasteiger partial charge in [0.1, 0.15) is 17.1 Å². The molecule has 0 spiro atoms. The average Bonchev–Trinajstić information content (AvgIpc) is 3.62. The smallest absolute Gasteiger partial charge is 0.296 e. The van der Waals surface area contributed by atoms with Gasteiger partial charge in [0.2, 0.25) is 0 Å². The van der Waals surface area contributed by atoms with Crippen molar-refractivity contribution in [2.75, 3.05) is 11.5 Å². The van der Waals surface area contributed by atoms with Crippen LogP contribution in [-0.4, -0.2) is 36.0 Å². The van der Waals surface area contributed by atoms with Crippen molar-refractivity contribution in [3.05, 3.63) is 117 Å². The molecule has 43 heavy (non-hydrogen) atoms. The third-order valence-electron chi connectivity index (χ3n) is 7.34. The predicted octanol–water partition coefficient (Wildman–Crippen LogP) is 6.45. The summed E-state index contributed by atoms with van der Waals surface area (Å²) in [4.78, 5) is 29.4. The summed E-state index contributed by atoms with van der Waals surface area (Å²) < 4.78 is 11.1. The van der Waals surface area contributed by atoms with E-state index in [9.17, 15) is 9.59 Å². The van der Waals surface area contributed by atoms with Crippen LogP contribution in [0.3, 0.4) is 0 Å². The first-order chi connectivity index (χ1) is 20.8. The number of aromatic nitrogens is 4. The van der Waals surface area contributed by atoms with Gasteiger partial charge in [-0.2, -0.15) is 5.10 Å². The van der Waals surface area contributed by atoms with E-state index in [1.165, 1.54) is 16.7 Å². The lowest BCUT2D eigenvalue weighted by atomic mass is 10.0. The maximum absolute atomic E-state index is 13.9. The third-order valence-corrected chi connectivity index (χ3v) is 8.64. The van der Waals surface area contributed by atoms with E-state index in [4.69, 9.17) is 22.1 Å². The van der Waals surface area contributed by atoms with Crippen molar-refractivity contribution in [3.8, 4) is 28.4 Å². The topological polar surface area (TPSA) is 74.3 Å². The lowest BCUT2D eigenvalue weighted by Gasteiger charge is -2.12. The van der Waals surface area contributed by atoms with Crippen LogP contribution in [0, 0.1) is 13.8 Å². The first kappa shape index (κ1) is 28.4. The summed E-state index contributed by atoms with van der Waals surface area (Å²) in [5.74, 6) is 0.470. The quantitative estimate of drug-likeness (QED) is 0.156. The Bertz CT molecular complexity index is 1960. The zero-order valence-electron chi connectivity index (χ0n) is 24.1.